The van der Waals surface area contributed by atoms with Gasteiger partial charge in [-0.1, -0.05) is 6.08 Å². The minimum absolute atomic E-state index is 0.262. The first-order chi connectivity index (χ1) is 13.5. The van der Waals surface area contributed by atoms with E-state index in [0.717, 1.165) is 12.8 Å². The molecule has 2 aliphatic heterocycles. The van der Waals surface area contributed by atoms with E-state index >= 15 is 0 Å². The second kappa shape index (κ2) is 7.48. The maximum atomic E-state index is 13.6. The molecule has 0 unspecified atom stereocenters. The Kier molecular flexibility index (Phi) is 5.51. The van der Waals surface area contributed by atoms with Crippen LogP contribution < -0.4 is 0 Å². The first kappa shape index (κ1) is 21.4. The lowest BCUT2D eigenvalue weighted by Gasteiger charge is -2.38. The zero-order chi connectivity index (χ0) is 21.6. The highest BCUT2D eigenvalue weighted by molar-refractivity contribution is 5.97. The van der Waals surface area contributed by atoms with Crippen LogP contribution >= 0.6 is 0 Å². The van der Waals surface area contributed by atoms with Gasteiger partial charge in [0.05, 0.1) is 31.3 Å². The molecule has 2 amide bonds. The Hall–Kier alpha value is -2.35. The topological polar surface area (TPSA) is 96.4 Å². The molecular weight excluding hydrogens is 376 g/mol. The summed E-state index contributed by atoms with van der Waals surface area (Å²) >= 11 is 0. The van der Waals surface area contributed by atoms with Gasteiger partial charge >= 0.3 is 12.1 Å². The monoisotopic (exact) mass is 406 g/mol. The van der Waals surface area contributed by atoms with Crippen LogP contribution in [0.1, 0.15) is 40.0 Å². The lowest BCUT2D eigenvalue weighted by molar-refractivity contribution is -0.152. The second-order valence-corrected chi connectivity index (χ2v) is 8.88. The molecule has 1 saturated heterocycles. The highest BCUT2D eigenvalue weighted by Gasteiger charge is 2.53. The van der Waals surface area contributed by atoms with Gasteiger partial charge in [0, 0.05) is 30.4 Å². The Labute approximate surface area is 171 Å². The van der Waals surface area contributed by atoms with Crippen LogP contribution in [0.15, 0.2) is 24.0 Å². The summed E-state index contributed by atoms with van der Waals surface area (Å²) < 4.78 is 9.72. The van der Waals surface area contributed by atoms with E-state index in [4.69, 9.17) is 9.47 Å². The summed E-state index contributed by atoms with van der Waals surface area (Å²) in [6.45, 7) is 5.73. The molecule has 1 saturated carbocycles. The quantitative estimate of drug-likeness (QED) is 0.721. The molecule has 0 aromatic heterocycles. The van der Waals surface area contributed by atoms with Crippen LogP contribution in [0, 0.1) is 17.3 Å². The van der Waals surface area contributed by atoms with Crippen molar-refractivity contribution in [3.05, 3.63) is 24.0 Å². The third kappa shape index (κ3) is 3.54. The predicted molar refractivity (Wildman–Crippen MR) is 104 cm³/mol. The van der Waals surface area contributed by atoms with Gasteiger partial charge in [-0.25, -0.2) is 4.79 Å². The molecule has 0 aromatic carbocycles. The van der Waals surface area contributed by atoms with Crippen LogP contribution in [0.3, 0.4) is 0 Å². The molecule has 2 fully saturated rings. The first-order valence-corrected chi connectivity index (χ1v) is 9.92. The lowest BCUT2D eigenvalue weighted by Crippen LogP contribution is -2.51. The Morgan fingerprint density at radius 1 is 1.21 bits per heavy atom. The normalized spacial score (nSPS) is 31.4. The maximum absolute atomic E-state index is 13.6. The van der Waals surface area contributed by atoms with E-state index in [-0.39, 0.29) is 17.9 Å². The van der Waals surface area contributed by atoms with Crippen molar-refractivity contribution in [3.63, 3.8) is 0 Å². The van der Waals surface area contributed by atoms with Gasteiger partial charge in [-0.3, -0.25) is 14.5 Å². The number of methoxy groups -OCH3 is 2. The van der Waals surface area contributed by atoms with Gasteiger partial charge in [-0.2, -0.15) is 0 Å². The highest BCUT2D eigenvalue weighted by Crippen LogP contribution is 2.46. The van der Waals surface area contributed by atoms with Crippen molar-refractivity contribution in [1.29, 1.82) is 0 Å². The van der Waals surface area contributed by atoms with E-state index in [0.29, 0.717) is 18.5 Å². The highest BCUT2D eigenvalue weighted by atomic mass is 16.5. The van der Waals surface area contributed by atoms with Gasteiger partial charge in [0.25, 0.3) is 5.91 Å². The number of fused-ring (bicyclic) bond motifs is 1. The summed E-state index contributed by atoms with van der Waals surface area (Å²) in [5.41, 5.74) is -1.67. The van der Waals surface area contributed by atoms with Crippen molar-refractivity contribution in [2.45, 2.75) is 51.7 Å². The van der Waals surface area contributed by atoms with Gasteiger partial charge in [0.15, 0.2) is 0 Å². The number of nitrogens with zero attached hydrogens (tertiary/aromatic N) is 2. The number of allylic oxidation sites excluding steroid dienone is 1. The minimum Gasteiger partial charge on any atom is -0.469 e. The fourth-order valence-electron chi connectivity index (χ4n) is 5.00. The first-order valence-electron chi connectivity index (χ1n) is 9.92. The summed E-state index contributed by atoms with van der Waals surface area (Å²) in [5.74, 6) is -1.06. The molecule has 0 aromatic rings. The van der Waals surface area contributed by atoms with E-state index in [1.807, 2.05) is 0 Å². The standard InChI is InChI=1S/C21H30N2O6/c1-20(2,18(25)28-4)15-8-10-22(19(26)29-5)12-14(15)17(24)23-11-7-13-6-9-21(3,27)16(13)23/h8,10,12-13,15-16,27H,6-7,9,11H2,1-5H3/t13-,15+,16+,21-/m1/s1. The third-order valence-corrected chi connectivity index (χ3v) is 6.62. The summed E-state index contributed by atoms with van der Waals surface area (Å²) in [4.78, 5) is 41.0. The zero-order valence-electron chi connectivity index (χ0n) is 17.7. The number of amides is 2. The van der Waals surface area contributed by atoms with Gasteiger partial charge in [0.2, 0.25) is 0 Å². The predicted octanol–water partition coefficient (Wildman–Crippen LogP) is 2.04. The Balaban J connectivity index is 1.98. The smallest absolute Gasteiger partial charge is 0.417 e. The summed E-state index contributed by atoms with van der Waals surface area (Å²) in [7, 11) is 2.57. The molecule has 0 spiro atoms. The van der Waals surface area contributed by atoms with E-state index in [1.165, 1.54) is 31.5 Å². The molecular formula is C21H30N2O6. The van der Waals surface area contributed by atoms with Crippen LogP contribution in [0.4, 0.5) is 4.79 Å². The van der Waals surface area contributed by atoms with E-state index < -0.39 is 29.0 Å². The number of ether oxygens (including phenoxy) is 2. The van der Waals surface area contributed by atoms with Crippen molar-refractivity contribution in [2.75, 3.05) is 20.8 Å². The van der Waals surface area contributed by atoms with Crippen molar-refractivity contribution in [2.24, 2.45) is 17.3 Å². The largest absolute Gasteiger partial charge is 0.469 e. The number of hydrogen-bond acceptors (Lipinski definition) is 6. The molecule has 3 rings (SSSR count). The van der Waals surface area contributed by atoms with Gasteiger partial charge in [0.1, 0.15) is 0 Å². The Morgan fingerprint density at radius 3 is 2.52 bits per heavy atom. The number of esters is 1. The van der Waals surface area contributed by atoms with Crippen LogP contribution in [0.5, 0.6) is 0 Å². The fourth-order valence-corrected chi connectivity index (χ4v) is 5.00. The van der Waals surface area contributed by atoms with Gasteiger partial charge in [-0.05, 0) is 46.0 Å². The number of likely N-dealkylation sites (tertiary alicyclic amines) is 1. The zero-order valence-corrected chi connectivity index (χ0v) is 17.7. The van der Waals surface area contributed by atoms with Gasteiger partial charge < -0.3 is 19.5 Å². The molecule has 2 heterocycles. The van der Waals surface area contributed by atoms with Crippen LogP contribution in [0.25, 0.3) is 0 Å². The third-order valence-electron chi connectivity index (χ3n) is 6.62. The average Bonchev–Trinajstić information content (AvgIpc) is 3.26. The lowest BCUT2D eigenvalue weighted by atomic mass is 9.73. The number of hydrogen-bond donors (Lipinski definition) is 1. The van der Waals surface area contributed by atoms with E-state index in [2.05, 4.69) is 0 Å². The molecule has 0 radical (unpaired) electrons. The van der Waals surface area contributed by atoms with Crippen molar-refractivity contribution < 1.29 is 29.0 Å². The Bertz CT molecular complexity index is 769. The molecule has 8 nitrogen and oxygen atoms in total. The molecule has 1 aliphatic carbocycles. The minimum atomic E-state index is -1.02. The molecule has 160 valence electrons. The Morgan fingerprint density at radius 2 is 1.90 bits per heavy atom. The molecule has 4 atom stereocenters. The molecule has 3 aliphatic rings. The molecule has 8 heteroatoms. The van der Waals surface area contributed by atoms with E-state index in [9.17, 15) is 19.5 Å². The fraction of sp³-hybridized carbons (Fsp3) is 0.667. The number of rotatable bonds is 3. The second-order valence-electron chi connectivity index (χ2n) is 8.88. The molecule has 1 N–H and O–H groups in total. The number of carbonyl (C=O) groups is 3. The van der Waals surface area contributed by atoms with Crippen molar-refractivity contribution in [3.8, 4) is 0 Å². The van der Waals surface area contributed by atoms with Crippen LogP contribution in [-0.4, -0.2) is 65.3 Å². The summed E-state index contributed by atoms with van der Waals surface area (Å²) in [6, 6.07) is -0.268. The summed E-state index contributed by atoms with van der Waals surface area (Å²) in [5, 5.41) is 10.8. The van der Waals surface area contributed by atoms with E-state index in [1.54, 1.807) is 31.7 Å². The maximum Gasteiger partial charge on any atom is 0.417 e. The average molecular weight is 406 g/mol. The summed E-state index contributed by atoms with van der Waals surface area (Å²) in [6.07, 6.45) is 6.32. The number of aliphatic hydroxyl groups is 1. The molecule has 29 heavy (non-hydrogen) atoms. The van der Waals surface area contributed by atoms with Crippen LogP contribution in [0.2, 0.25) is 0 Å². The van der Waals surface area contributed by atoms with Crippen molar-refractivity contribution in [1.82, 2.24) is 9.80 Å². The molecule has 0 bridgehead atoms. The SMILES string of the molecule is COC(=O)N1C=C[C@H](C(C)(C)C(=O)OC)C(C(=O)N2CC[C@H]3CC[C@@](C)(O)[C@H]32)=C1. The van der Waals surface area contributed by atoms with Crippen LogP contribution in [-0.2, 0) is 19.1 Å². The van der Waals surface area contributed by atoms with Gasteiger partial charge in [-0.15, -0.1) is 0 Å². The number of carbonyl (C=O) groups excluding carboxylic acids is 3. The van der Waals surface area contributed by atoms with Crippen molar-refractivity contribution >= 4 is 18.0 Å².